The Morgan fingerprint density at radius 3 is 2.71 bits per heavy atom. The summed E-state index contributed by atoms with van der Waals surface area (Å²) in [5.41, 5.74) is 7.13. The average molecular weight is 281 g/mol. The molecule has 0 aliphatic carbocycles. The fourth-order valence-corrected chi connectivity index (χ4v) is 2.40. The summed E-state index contributed by atoms with van der Waals surface area (Å²) in [6.45, 7) is 4.19. The highest BCUT2D eigenvalue weighted by atomic mass is 16.5. The summed E-state index contributed by atoms with van der Waals surface area (Å²) < 4.78 is 5.37. The Hall–Kier alpha value is -2.20. The van der Waals surface area contributed by atoms with E-state index in [1.54, 1.807) is 0 Å². The van der Waals surface area contributed by atoms with Crippen LogP contribution < -0.4 is 5.73 Å². The number of nitrogens with zero attached hydrogens (tertiary/aromatic N) is 2. The van der Waals surface area contributed by atoms with Crippen molar-refractivity contribution in [2.24, 2.45) is 11.7 Å². The molecule has 1 heterocycles. The lowest BCUT2D eigenvalue weighted by Gasteiger charge is -2.13. The number of rotatable bonds is 4. The highest BCUT2D eigenvalue weighted by molar-refractivity contribution is 5.94. The van der Waals surface area contributed by atoms with Crippen molar-refractivity contribution in [3.63, 3.8) is 0 Å². The van der Waals surface area contributed by atoms with Crippen LogP contribution in [0.1, 0.15) is 32.2 Å². The van der Waals surface area contributed by atoms with Gasteiger partial charge < -0.3 is 10.3 Å². The van der Waals surface area contributed by atoms with Crippen LogP contribution in [0.15, 0.2) is 47.0 Å². The molecular weight excluding hydrogens is 262 g/mol. The van der Waals surface area contributed by atoms with Crippen LogP contribution in [0, 0.1) is 5.92 Å². The molecule has 4 heteroatoms. The summed E-state index contributed by atoms with van der Waals surface area (Å²) in [7, 11) is 0. The van der Waals surface area contributed by atoms with Crippen LogP contribution in [0.2, 0.25) is 0 Å². The predicted molar refractivity (Wildman–Crippen MR) is 83.6 cm³/mol. The molecule has 4 nitrogen and oxygen atoms in total. The van der Waals surface area contributed by atoms with Crippen LogP contribution in [0.5, 0.6) is 0 Å². The molecule has 0 spiro atoms. The Morgan fingerprint density at radius 2 is 1.90 bits per heavy atom. The maximum atomic E-state index is 6.16. The molecule has 0 fully saturated rings. The summed E-state index contributed by atoms with van der Waals surface area (Å²) in [6, 6.07) is 14.0. The zero-order valence-electron chi connectivity index (χ0n) is 12.3. The van der Waals surface area contributed by atoms with Crippen molar-refractivity contribution in [2.45, 2.75) is 26.3 Å². The zero-order valence-corrected chi connectivity index (χ0v) is 12.3. The van der Waals surface area contributed by atoms with Gasteiger partial charge in [0.15, 0.2) is 0 Å². The molecule has 0 saturated carbocycles. The Kier molecular flexibility index (Phi) is 3.71. The monoisotopic (exact) mass is 281 g/mol. The number of benzene rings is 2. The Morgan fingerprint density at radius 1 is 1.14 bits per heavy atom. The van der Waals surface area contributed by atoms with Crippen molar-refractivity contribution in [1.29, 1.82) is 0 Å². The fraction of sp³-hybridized carbons (Fsp3) is 0.294. The van der Waals surface area contributed by atoms with Crippen LogP contribution in [0.4, 0.5) is 0 Å². The molecule has 0 aliphatic heterocycles. The third kappa shape index (κ3) is 2.54. The molecule has 2 atom stereocenters. The minimum absolute atomic E-state index is 0.216. The highest BCUT2D eigenvalue weighted by Gasteiger charge is 2.21. The number of fused-ring (bicyclic) bond motifs is 1. The van der Waals surface area contributed by atoms with E-state index in [1.165, 1.54) is 0 Å². The maximum absolute atomic E-state index is 6.16. The van der Waals surface area contributed by atoms with Gasteiger partial charge in [0.25, 0.3) is 0 Å². The average Bonchev–Trinajstić information content (AvgIpc) is 3.02. The quantitative estimate of drug-likeness (QED) is 0.786. The van der Waals surface area contributed by atoms with Gasteiger partial charge in [0.2, 0.25) is 11.7 Å². The van der Waals surface area contributed by atoms with Gasteiger partial charge in [-0.25, -0.2) is 0 Å². The third-order valence-electron chi connectivity index (χ3n) is 4.01. The molecule has 1 aromatic heterocycles. The maximum Gasteiger partial charge on any atom is 0.244 e. The van der Waals surface area contributed by atoms with Crippen molar-refractivity contribution in [3.05, 3.63) is 48.4 Å². The van der Waals surface area contributed by atoms with Crippen LogP contribution in [-0.2, 0) is 0 Å². The molecular formula is C17H19N3O. The number of nitrogens with two attached hydrogens (primary N) is 1. The van der Waals surface area contributed by atoms with Gasteiger partial charge in [-0.1, -0.05) is 67.9 Å². The van der Waals surface area contributed by atoms with Gasteiger partial charge >= 0.3 is 0 Å². The fourth-order valence-electron chi connectivity index (χ4n) is 2.40. The number of hydrogen-bond acceptors (Lipinski definition) is 4. The van der Waals surface area contributed by atoms with E-state index < -0.39 is 0 Å². The third-order valence-corrected chi connectivity index (χ3v) is 4.01. The second-order valence-corrected chi connectivity index (χ2v) is 5.39. The first-order valence-corrected chi connectivity index (χ1v) is 7.28. The molecule has 1 unspecified atom stereocenters. The largest absolute Gasteiger partial charge is 0.337 e. The van der Waals surface area contributed by atoms with Gasteiger partial charge in [-0.15, -0.1) is 0 Å². The topological polar surface area (TPSA) is 64.9 Å². The highest BCUT2D eigenvalue weighted by Crippen LogP contribution is 2.28. The second-order valence-electron chi connectivity index (χ2n) is 5.39. The van der Waals surface area contributed by atoms with Crippen molar-refractivity contribution in [3.8, 4) is 11.4 Å². The van der Waals surface area contributed by atoms with Crippen molar-refractivity contribution in [1.82, 2.24) is 10.1 Å². The van der Waals surface area contributed by atoms with E-state index in [1.807, 2.05) is 24.3 Å². The van der Waals surface area contributed by atoms with E-state index in [0.29, 0.717) is 17.6 Å². The first-order chi connectivity index (χ1) is 10.2. The molecule has 3 aromatic rings. The minimum atomic E-state index is -0.216. The van der Waals surface area contributed by atoms with Crippen molar-refractivity contribution >= 4 is 10.8 Å². The van der Waals surface area contributed by atoms with E-state index >= 15 is 0 Å². The normalized spacial score (nSPS) is 14.2. The Labute approximate surface area is 124 Å². The first kappa shape index (κ1) is 13.8. The second kappa shape index (κ2) is 5.66. The van der Waals surface area contributed by atoms with Gasteiger partial charge in [0, 0.05) is 5.56 Å². The summed E-state index contributed by atoms with van der Waals surface area (Å²) in [5, 5.41) is 6.38. The number of hydrogen-bond donors (Lipinski definition) is 1. The minimum Gasteiger partial charge on any atom is -0.337 e. The van der Waals surface area contributed by atoms with E-state index in [0.717, 1.165) is 22.8 Å². The van der Waals surface area contributed by atoms with Crippen LogP contribution in [0.3, 0.4) is 0 Å². The number of aromatic nitrogens is 2. The van der Waals surface area contributed by atoms with Crippen LogP contribution >= 0.6 is 0 Å². The molecule has 0 saturated heterocycles. The summed E-state index contributed by atoms with van der Waals surface area (Å²) in [4.78, 5) is 4.50. The van der Waals surface area contributed by atoms with Gasteiger partial charge in [-0.2, -0.15) is 4.98 Å². The van der Waals surface area contributed by atoms with Gasteiger partial charge in [0.1, 0.15) is 0 Å². The molecule has 0 radical (unpaired) electrons. The van der Waals surface area contributed by atoms with Gasteiger partial charge in [0.05, 0.1) is 6.04 Å². The lowest BCUT2D eigenvalue weighted by Crippen LogP contribution is -2.18. The van der Waals surface area contributed by atoms with E-state index in [9.17, 15) is 0 Å². The molecule has 2 N–H and O–H groups in total. The van der Waals surface area contributed by atoms with E-state index in [2.05, 4.69) is 42.2 Å². The molecule has 0 aliphatic rings. The van der Waals surface area contributed by atoms with Gasteiger partial charge in [-0.05, 0) is 16.7 Å². The van der Waals surface area contributed by atoms with Crippen molar-refractivity contribution in [2.75, 3.05) is 0 Å². The molecule has 0 amide bonds. The molecule has 21 heavy (non-hydrogen) atoms. The molecule has 0 bridgehead atoms. The summed E-state index contributed by atoms with van der Waals surface area (Å²) >= 11 is 0. The van der Waals surface area contributed by atoms with Gasteiger partial charge in [-0.3, -0.25) is 0 Å². The standard InChI is InChI=1S/C17H19N3O/c1-3-11(2)15(18)17-19-16(20-21-17)14-10-6-8-12-7-4-5-9-13(12)14/h4-11,15H,3,18H2,1-2H3/t11?,15-/m0/s1. The molecule has 108 valence electrons. The molecule has 3 rings (SSSR count). The summed E-state index contributed by atoms with van der Waals surface area (Å²) in [6.07, 6.45) is 0.979. The lowest BCUT2D eigenvalue weighted by atomic mass is 10.00. The first-order valence-electron chi connectivity index (χ1n) is 7.28. The van der Waals surface area contributed by atoms with E-state index in [-0.39, 0.29) is 6.04 Å². The summed E-state index contributed by atoms with van der Waals surface area (Å²) in [5.74, 6) is 1.42. The Balaban J connectivity index is 2.02. The smallest absolute Gasteiger partial charge is 0.244 e. The molecule has 2 aromatic carbocycles. The SMILES string of the molecule is CCC(C)[C@H](N)c1nc(-c2cccc3ccccc23)no1. The Bertz CT molecular complexity index is 745. The lowest BCUT2D eigenvalue weighted by molar-refractivity contribution is 0.312. The zero-order chi connectivity index (χ0) is 14.8. The predicted octanol–water partition coefficient (Wildman–Crippen LogP) is 3.94. The van der Waals surface area contributed by atoms with Crippen molar-refractivity contribution < 1.29 is 4.52 Å². The van der Waals surface area contributed by atoms with E-state index in [4.69, 9.17) is 10.3 Å². The van der Waals surface area contributed by atoms with Crippen LogP contribution in [0.25, 0.3) is 22.2 Å². The van der Waals surface area contributed by atoms with Crippen LogP contribution in [-0.4, -0.2) is 10.1 Å².